The summed E-state index contributed by atoms with van der Waals surface area (Å²) < 4.78 is 0. The van der Waals surface area contributed by atoms with Gasteiger partial charge in [0.15, 0.2) is 0 Å². The third-order valence-electron chi connectivity index (χ3n) is 1.97. The molecule has 0 aliphatic carbocycles. The van der Waals surface area contributed by atoms with E-state index in [9.17, 15) is 0 Å². The van der Waals surface area contributed by atoms with E-state index < -0.39 is 0 Å². The van der Waals surface area contributed by atoms with E-state index in [4.69, 9.17) is 0 Å². The second kappa shape index (κ2) is 2.52. The van der Waals surface area contributed by atoms with Crippen LogP contribution in [0.2, 0.25) is 0 Å². The van der Waals surface area contributed by atoms with Gasteiger partial charge in [-0.05, 0) is 6.07 Å². The fourth-order valence-corrected chi connectivity index (χ4v) is 1.29. The molecule has 0 saturated heterocycles. The normalized spacial score (nSPS) is 12.2. The standard InChI is InChI=1S/C9H12N4/c1-9(2,3)8-7-6(11-13-8)4-5-10-12-7/h4-5H,1-3H3,(H,11,13). The number of H-pyrrole nitrogens is 1. The maximum Gasteiger partial charge on any atom is 0.134 e. The van der Waals surface area contributed by atoms with Crippen LogP contribution in [0.1, 0.15) is 26.5 Å². The third-order valence-corrected chi connectivity index (χ3v) is 1.97. The summed E-state index contributed by atoms with van der Waals surface area (Å²) in [5.74, 6) is 0. The van der Waals surface area contributed by atoms with Crippen LogP contribution in [0.4, 0.5) is 0 Å². The zero-order valence-electron chi connectivity index (χ0n) is 8.00. The van der Waals surface area contributed by atoms with E-state index in [0.717, 1.165) is 16.7 Å². The molecule has 0 spiro atoms. The molecule has 4 nitrogen and oxygen atoms in total. The number of aromatic nitrogens is 4. The summed E-state index contributed by atoms with van der Waals surface area (Å²) in [6.07, 6.45) is 1.65. The lowest BCUT2D eigenvalue weighted by Gasteiger charge is -2.15. The molecular weight excluding hydrogens is 164 g/mol. The van der Waals surface area contributed by atoms with Crippen LogP contribution in [0, 0.1) is 0 Å². The Kier molecular flexibility index (Phi) is 1.58. The number of hydrogen-bond acceptors (Lipinski definition) is 3. The van der Waals surface area contributed by atoms with Gasteiger partial charge in [0.1, 0.15) is 11.0 Å². The lowest BCUT2D eigenvalue weighted by Crippen LogP contribution is -2.12. The van der Waals surface area contributed by atoms with Gasteiger partial charge >= 0.3 is 0 Å². The third kappa shape index (κ3) is 1.28. The first-order valence-electron chi connectivity index (χ1n) is 4.25. The van der Waals surface area contributed by atoms with Crippen molar-refractivity contribution in [2.45, 2.75) is 26.2 Å². The average molecular weight is 176 g/mol. The molecule has 0 aliphatic rings. The molecule has 0 saturated carbocycles. The van der Waals surface area contributed by atoms with Crippen LogP contribution in [0.25, 0.3) is 11.0 Å². The second-order valence-electron chi connectivity index (χ2n) is 4.11. The molecule has 13 heavy (non-hydrogen) atoms. The van der Waals surface area contributed by atoms with E-state index in [0.29, 0.717) is 0 Å². The van der Waals surface area contributed by atoms with Crippen LogP contribution in [0.5, 0.6) is 0 Å². The van der Waals surface area contributed by atoms with Crippen LogP contribution in [-0.4, -0.2) is 20.4 Å². The maximum atomic E-state index is 4.16. The van der Waals surface area contributed by atoms with Gasteiger partial charge in [0.25, 0.3) is 0 Å². The summed E-state index contributed by atoms with van der Waals surface area (Å²) in [6, 6.07) is 1.86. The molecule has 0 fully saturated rings. The SMILES string of the molecule is CC(C)(C)c1[nH]nc2ccnnc12. The zero-order valence-corrected chi connectivity index (χ0v) is 8.00. The fourth-order valence-electron chi connectivity index (χ4n) is 1.29. The van der Waals surface area contributed by atoms with Crippen molar-refractivity contribution in [3.05, 3.63) is 18.0 Å². The van der Waals surface area contributed by atoms with E-state index in [-0.39, 0.29) is 5.41 Å². The Hall–Kier alpha value is -1.45. The van der Waals surface area contributed by atoms with Gasteiger partial charge in [-0.15, -0.1) is 5.10 Å². The topological polar surface area (TPSA) is 54.5 Å². The summed E-state index contributed by atoms with van der Waals surface area (Å²) in [6.45, 7) is 6.36. The second-order valence-corrected chi connectivity index (χ2v) is 4.11. The van der Waals surface area contributed by atoms with Gasteiger partial charge < -0.3 is 0 Å². The molecule has 0 unspecified atom stereocenters. The highest BCUT2D eigenvalue weighted by Gasteiger charge is 2.20. The van der Waals surface area contributed by atoms with Gasteiger partial charge in [0.2, 0.25) is 0 Å². The highest BCUT2D eigenvalue weighted by molar-refractivity contribution is 5.76. The molecule has 2 heterocycles. The molecular formula is C9H12N4. The highest BCUT2D eigenvalue weighted by atomic mass is 15.2. The van der Waals surface area contributed by atoms with Crippen LogP contribution >= 0.6 is 0 Å². The summed E-state index contributed by atoms with van der Waals surface area (Å²) >= 11 is 0. The van der Waals surface area contributed by atoms with E-state index in [1.54, 1.807) is 6.20 Å². The summed E-state index contributed by atoms with van der Waals surface area (Å²) in [5, 5.41) is 15.1. The lowest BCUT2D eigenvalue weighted by molar-refractivity contribution is 0.570. The van der Waals surface area contributed by atoms with Crippen molar-refractivity contribution in [2.75, 3.05) is 0 Å². The molecule has 2 aromatic rings. The van der Waals surface area contributed by atoms with Gasteiger partial charge in [-0.2, -0.15) is 10.2 Å². The number of fused-ring (bicyclic) bond motifs is 1. The molecule has 0 radical (unpaired) electrons. The highest BCUT2D eigenvalue weighted by Crippen LogP contribution is 2.25. The Labute approximate surface area is 76.4 Å². The monoisotopic (exact) mass is 176 g/mol. The fraction of sp³-hybridized carbons (Fsp3) is 0.444. The molecule has 2 aromatic heterocycles. The number of rotatable bonds is 0. The van der Waals surface area contributed by atoms with Crippen molar-refractivity contribution in [1.29, 1.82) is 0 Å². The van der Waals surface area contributed by atoms with E-state index in [2.05, 4.69) is 41.2 Å². The van der Waals surface area contributed by atoms with Crippen LogP contribution in [-0.2, 0) is 5.41 Å². The van der Waals surface area contributed by atoms with Gasteiger partial charge in [0.05, 0.1) is 11.9 Å². The smallest absolute Gasteiger partial charge is 0.134 e. The Bertz CT molecular complexity index is 424. The van der Waals surface area contributed by atoms with E-state index in [1.807, 2.05) is 6.07 Å². The first-order chi connectivity index (χ1) is 6.09. The van der Waals surface area contributed by atoms with Gasteiger partial charge in [-0.1, -0.05) is 20.8 Å². The summed E-state index contributed by atoms with van der Waals surface area (Å²) in [5.41, 5.74) is 2.82. The van der Waals surface area contributed by atoms with Crippen LogP contribution in [0.3, 0.4) is 0 Å². The minimum Gasteiger partial charge on any atom is -0.279 e. The Balaban J connectivity index is 2.72. The van der Waals surface area contributed by atoms with Crippen molar-refractivity contribution < 1.29 is 0 Å². The number of hydrogen-bond donors (Lipinski definition) is 1. The minimum absolute atomic E-state index is 0.0325. The van der Waals surface area contributed by atoms with Crippen LogP contribution in [0.15, 0.2) is 12.3 Å². The first kappa shape index (κ1) is 8.16. The van der Waals surface area contributed by atoms with Gasteiger partial charge in [0, 0.05) is 5.41 Å². The molecule has 0 aromatic carbocycles. The number of aromatic amines is 1. The first-order valence-corrected chi connectivity index (χ1v) is 4.25. The molecule has 0 atom stereocenters. The predicted octanol–water partition coefficient (Wildman–Crippen LogP) is 1.65. The average Bonchev–Trinajstić information content (AvgIpc) is 2.45. The van der Waals surface area contributed by atoms with Crippen molar-refractivity contribution in [1.82, 2.24) is 20.4 Å². The quantitative estimate of drug-likeness (QED) is 0.664. The molecule has 4 heteroatoms. The van der Waals surface area contributed by atoms with Crippen molar-refractivity contribution >= 4 is 11.0 Å². The summed E-state index contributed by atoms with van der Waals surface area (Å²) in [7, 11) is 0. The zero-order chi connectivity index (χ0) is 9.47. The molecule has 68 valence electrons. The van der Waals surface area contributed by atoms with Crippen LogP contribution < -0.4 is 0 Å². The van der Waals surface area contributed by atoms with Crippen molar-refractivity contribution in [3.63, 3.8) is 0 Å². The minimum atomic E-state index is 0.0325. The van der Waals surface area contributed by atoms with Crippen molar-refractivity contribution in [2.24, 2.45) is 0 Å². The van der Waals surface area contributed by atoms with Gasteiger partial charge in [-0.25, -0.2) is 0 Å². The number of nitrogens with zero attached hydrogens (tertiary/aromatic N) is 3. The molecule has 1 N–H and O–H groups in total. The molecule has 0 amide bonds. The molecule has 0 bridgehead atoms. The Morgan fingerprint density at radius 2 is 2.08 bits per heavy atom. The van der Waals surface area contributed by atoms with E-state index >= 15 is 0 Å². The number of nitrogens with one attached hydrogen (secondary N) is 1. The maximum absolute atomic E-state index is 4.16. The molecule has 2 rings (SSSR count). The largest absolute Gasteiger partial charge is 0.279 e. The Morgan fingerprint density at radius 3 is 2.77 bits per heavy atom. The lowest BCUT2D eigenvalue weighted by atomic mass is 9.92. The summed E-state index contributed by atoms with van der Waals surface area (Å²) in [4.78, 5) is 0. The molecule has 0 aliphatic heterocycles. The van der Waals surface area contributed by atoms with Crippen molar-refractivity contribution in [3.8, 4) is 0 Å². The predicted molar refractivity (Wildman–Crippen MR) is 50.4 cm³/mol. The Morgan fingerprint density at radius 1 is 1.31 bits per heavy atom. The van der Waals surface area contributed by atoms with Gasteiger partial charge in [-0.3, -0.25) is 5.10 Å². The van der Waals surface area contributed by atoms with E-state index in [1.165, 1.54) is 0 Å².